The average Bonchev–Trinajstić information content (AvgIpc) is 3.13. The van der Waals surface area contributed by atoms with Gasteiger partial charge in [0, 0.05) is 21.3 Å². The van der Waals surface area contributed by atoms with Crippen LogP contribution >= 0.6 is 38.6 Å². The second-order valence-electron chi connectivity index (χ2n) is 4.54. The van der Waals surface area contributed by atoms with Gasteiger partial charge in [0.1, 0.15) is 6.33 Å². The zero-order chi connectivity index (χ0) is 14.2. The largest absolute Gasteiger partial charge is 0.244 e. The minimum absolute atomic E-state index is 0.993. The van der Waals surface area contributed by atoms with E-state index in [0.717, 1.165) is 19.9 Å². The van der Waals surface area contributed by atoms with Crippen molar-refractivity contribution in [2.75, 3.05) is 0 Å². The molecule has 1 aromatic carbocycles. The van der Waals surface area contributed by atoms with E-state index in [1.165, 1.54) is 15.0 Å². The Morgan fingerprint density at radius 1 is 0.952 bits per heavy atom. The zero-order valence-corrected chi connectivity index (χ0v) is 14.0. The Kier molecular flexibility index (Phi) is 3.33. The Balaban J connectivity index is 1.92. The number of nitrogens with zero attached hydrogens (tertiary/aromatic N) is 2. The van der Waals surface area contributed by atoms with Gasteiger partial charge in [-0.25, -0.2) is 9.97 Å². The molecule has 0 saturated heterocycles. The van der Waals surface area contributed by atoms with Crippen LogP contribution in [-0.2, 0) is 0 Å². The average molecular weight is 373 g/mol. The number of aromatic nitrogens is 2. The molecule has 0 aliphatic rings. The van der Waals surface area contributed by atoms with Crippen LogP contribution in [0.15, 0.2) is 58.8 Å². The van der Waals surface area contributed by atoms with Crippen molar-refractivity contribution in [2.45, 2.75) is 0 Å². The van der Waals surface area contributed by atoms with E-state index in [4.69, 9.17) is 0 Å². The maximum absolute atomic E-state index is 4.49. The standard InChI is InChI=1S/C16H9BrN2S2/c17-15-6-5-13(21-15)16-11(8-18-9-19-16)14-7-10-3-1-2-4-12(10)20-14/h1-9H. The van der Waals surface area contributed by atoms with Crippen LogP contribution in [0.25, 0.3) is 31.1 Å². The van der Waals surface area contributed by atoms with Crippen molar-refractivity contribution in [1.82, 2.24) is 9.97 Å². The maximum atomic E-state index is 4.49. The smallest absolute Gasteiger partial charge is 0.116 e. The molecule has 102 valence electrons. The third-order valence-corrected chi connectivity index (χ3v) is 5.99. The van der Waals surface area contributed by atoms with Crippen molar-refractivity contribution in [3.63, 3.8) is 0 Å². The van der Waals surface area contributed by atoms with Crippen molar-refractivity contribution in [3.05, 3.63) is 58.8 Å². The molecule has 0 N–H and O–H groups in total. The zero-order valence-electron chi connectivity index (χ0n) is 10.8. The fourth-order valence-corrected chi connectivity index (χ4v) is 4.73. The summed E-state index contributed by atoms with van der Waals surface area (Å²) >= 11 is 6.98. The van der Waals surface area contributed by atoms with E-state index in [2.05, 4.69) is 68.4 Å². The highest BCUT2D eigenvalue weighted by Crippen LogP contribution is 2.39. The first kappa shape index (κ1) is 13.1. The van der Waals surface area contributed by atoms with Crippen LogP contribution in [-0.4, -0.2) is 9.97 Å². The summed E-state index contributed by atoms with van der Waals surface area (Å²) in [4.78, 5) is 11.1. The first-order valence-electron chi connectivity index (χ1n) is 6.36. The van der Waals surface area contributed by atoms with Gasteiger partial charge in [0.05, 0.1) is 14.4 Å². The molecule has 0 aliphatic carbocycles. The van der Waals surface area contributed by atoms with Gasteiger partial charge in [0.2, 0.25) is 0 Å². The summed E-state index contributed by atoms with van der Waals surface area (Å²) in [5.41, 5.74) is 2.08. The van der Waals surface area contributed by atoms with Crippen LogP contribution in [0, 0.1) is 0 Å². The Morgan fingerprint density at radius 3 is 2.67 bits per heavy atom. The fourth-order valence-electron chi connectivity index (χ4n) is 2.26. The number of benzene rings is 1. The van der Waals surface area contributed by atoms with E-state index in [9.17, 15) is 0 Å². The van der Waals surface area contributed by atoms with E-state index >= 15 is 0 Å². The SMILES string of the molecule is Brc1ccc(-c2ncncc2-c2cc3ccccc3s2)s1. The number of hydrogen-bond donors (Lipinski definition) is 0. The summed E-state index contributed by atoms with van der Waals surface area (Å²) in [6.07, 6.45) is 3.51. The lowest BCUT2D eigenvalue weighted by Gasteiger charge is -2.03. The number of hydrogen-bond acceptors (Lipinski definition) is 4. The van der Waals surface area contributed by atoms with Crippen molar-refractivity contribution >= 4 is 48.7 Å². The molecule has 0 spiro atoms. The molecular weight excluding hydrogens is 364 g/mol. The summed E-state index contributed by atoms with van der Waals surface area (Å²) in [5, 5.41) is 1.26. The minimum atomic E-state index is 0.993. The lowest BCUT2D eigenvalue weighted by atomic mass is 10.1. The van der Waals surface area contributed by atoms with Gasteiger partial charge in [-0.3, -0.25) is 0 Å². The molecule has 0 radical (unpaired) electrons. The van der Waals surface area contributed by atoms with Gasteiger partial charge in [-0.15, -0.1) is 22.7 Å². The Labute approximate surface area is 138 Å². The van der Waals surface area contributed by atoms with E-state index in [1.807, 2.05) is 6.20 Å². The molecule has 3 heterocycles. The topological polar surface area (TPSA) is 25.8 Å². The van der Waals surface area contributed by atoms with Gasteiger partial charge in [-0.05, 0) is 45.6 Å². The first-order chi connectivity index (χ1) is 10.3. The molecule has 2 nitrogen and oxygen atoms in total. The molecule has 0 atom stereocenters. The second-order valence-corrected chi connectivity index (χ2v) is 8.08. The first-order valence-corrected chi connectivity index (χ1v) is 8.78. The van der Waals surface area contributed by atoms with Crippen molar-refractivity contribution in [3.8, 4) is 21.0 Å². The molecular formula is C16H9BrN2S2. The van der Waals surface area contributed by atoms with Gasteiger partial charge in [-0.1, -0.05) is 18.2 Å². The highest BCUT2D eigenvalue weighted by molar-refractivity contribution is 9.11. The van der Waals surface area contributed by atoms with Gasteiger partial charge in [0.25, 0.3) is 0 Å². The Bertz CT molecular complexity index is 894. The van der Waals surface area contributed by atoms with Crippen LogP contribution in [0.5, 0.6) is 0 Å². The molecule has 21 heavy (non-hydrogen) atoms. The van der Waals surface area contributed by atoms with Crippen LogP contribution in [0.2, 0.25) is 0 Å². The molecule has 0 fully saturated rings. The predicted molar refractivity (Wildman–Crippen MR) is 93.9 cm³/mol. The van der Waals surface area contributed by atoms with Crippen LogP contribution < -0.4 is 0 Å². The third-order valence-electron chi connectivity index (χ3n) is 3.21. The lowest BCUT2D eigenvalue weighted by molar-refractivity contribution is 1.18. The minimum Gasteiger partial charge on any atom is -0.244 e. The van der Waals surface area contributed by atoms with E-state index in [-0.39, 0.29) is 0 Å². The summed E-state index contributed by atoms with van der Waals surface area (Å²) in [6, 6.07) is 14.8. The molecule has 4 aromatic rings. The highest BCUT2D eigenvalue weighted by atomic mass is 79.9. The molecule has 0 saturated carbocycles. The number of fused-ring (bicyclic) bond motifs is 1. The van der Waals surface area contributed by atoms with Crippen molar-refractivity contribution in [2.24, 2.45) is 0 Å². The van der Waals surface area contributed by atoms with Crippen molar-refractivity contribution in [1.29, 1.82) is 0 Å². The molecule has 0 bridgehead atoms. The van der Waals surface area contributed by atoms with Crippen LogP contribution in [0.4, 0.5) is 0 Å². The molecule has 0 amide bonds. The Hall–Kier alpha value is -1.56. The second kappa shape index (κ2) is 5.33. The fraction of sp³-hybridized carbons (Fsp3) is 0. The van der Waals surface area contributed by atoms with E-state index in [1.54, 1.807) is 29.0 Å². The summed E-state index contributed by atoms with van der Waals surface area (Å²) in [5.74, 6) is 0. The third kappa shape index (κ3) is 2.41. The van der Waals surface area contributed by atoms with E-state index in [0.29, 0.717) is 0 Å². The predicted octanol–water partition coefficient (Wildman–Crippen LogP) is 5.85. The molecule has 4 rings (SSSR count). The van der Waals surface area contributed by atoms with Gasteiger partial charge >= 0.3 is 0 Å². The highest BCUT2D eigenvalue weighted by Gasteiger charge is 2.13. The maximum Gasteiger partial charge on any atom is 0.116 e. The van der Waals surface area contributed by atoms with E-state index < -0.39 is 0 Å². The Morgan fingerprint density at radius 2 is 1.86 bits per heavy atom. The molecule has 3 aromatic heterocycles. The number of thiophene rings is 2. The van der Waals surface area contributed by atoms with Crippen LogP contribution in [0.3, 0.4) is 0 Å². The summed E-state index contributed by atoms with van der Waals surface area (Å²) < 4.78 is 2.40. The quantitative estimate of drug-likeness (QED) is 0.441. The van der Waals surface area contributed by atoms with Crippen molar-refractivity contribution < 1.29 is 0 Å². The molecule has 0 aliphatic heterocycles. The molecule has 5 heteroatoms. The normalized spacial score (nSPS) is 11.1. The summed E-state index contributed by atoms with van der Waals surface area (Å²) in [6.45, 7) is 0. The lowest BCUT2D eigenvalue weighted by Crippen LogP contribution is -1.86. The summed E-state index contributed by atoms with van der Waals surface area (Å²) in [7, 11) is 0. The number of rotatable bonds is 2. The molecule has 0 unspecified atom stereocenters. The van der Waals surface area contributed by atoms with Gasteiger partial charge in [-0.2, -0.15) is 0 Å². The monoisotopic (exact) mass is 372 g/mol. The van der Waals surface area contributed by atoms with Gasteiger partial charge in [0.15, 0.2) is 0 Å². The van der Waals surface area contributed by atoms with Crippen LogP contribution in [0.1, 0.15) is 0 Å². The van der Waals surface area contributed by atoms with Gasteiger partial charge < -0.3 is 0 Å². The number of halogens is 1.